The quantitative estimate of drug-likeness (QED) is 0.343. The molecule has 13 heteroatoms. The molecular formula is C21H24ClF2N9O. The summed E-state index contributed by atoms with van der Waals surface area (Å²) in [5, 5.41) is 18.6. The number of nitrogen functional groups attached to an aromatic ring is 1. The Morgan fingerprint density at radius 1 is 1.12 bits per heavy atom. The van der Waals surface area contributed by atoms with Gasteiger partial charge in [0.1, 0.15) is 11.5 Å². The van der Waals surface area contributed by atoms with Crippen LogP contribution in [0.4, 0.5) is 14.6 Å². The van der Waals surface area contributed by atoms with Crippen LogP contribution in [0.1, 0.15) is 12.8 Å². The van der Waals surface area contributed by atoms with Gasteiger partial charge in [0, 0.05) is 30.6 Å². The lowest BCUT2D eigenvalue weighted by Crippen LogP contribution is -2.10. The lowest BCUT2D eigenvalue weighted by molar-refractivity contribution is 0.286. The molecule has 3 aromatic heterocycles. The summed E-state index contributed by atoms with van der Waals surface area (Å²) in [5.41, 5.74) is 7.77. The van der Waals surface area contributed by atoms with Crippen LogP contribution in [0.15, 0.2) is 36.8 Å². The van der Waals surface area contributed by atoms with Gasteiger partial charge in [0.2, 0.25) is 5.82 Å². The molecule has 3 heterocycles. The zero-order valence-corrected chi connectivity index (χ0v) is 19.4. The second-order valence-corrected chi connectivity index (χ2v) is 7.34. The standard InChI is InChI=1S/C21H23F2N9O.ClH/c1-25-7-3-4-8-33-17-6-5-16(18(22)19(17)23)32-21(28-29-30-32)15-9-13(10-26-20(15)24)14-11-27-31(2)12-14;/h5-6,9-12,25H,3-4,7-8H2,1-2H3,(H2,24,26);1H. The van der Waals surface area contributed by atoms with Crippen LogP contribution in [0.25, 0.3) is 28.2 Å². The second kappa shape index (κ2) is 11.0. The summed E-state index contributed by atoms with van der Waals surface area (Å²) in [6, 6.07) is 4.43. The Labute approximate surface area is 200 Å². The molecule has 10 nitrogen and oxygen atoms in total. The molecule has 180 valence electrons. The lowest BCUT2D eigenvalue weighted by atomic mass is 10.1. The molecule has 4 aromatic rings. The topological polar surface area (TPSA) is 122 Å². The van der Waals surface area contributed by atoms with E-state index in [0.29, 0.717) is 12.0 Å². The normalized spacial score (nSPS) is 10.8. The van der Waals surface area contributed by atoms with E-state index < -0.39 is 11.6 Å². The fourth-order valence-electron chi connectivity index (χ4n) is 3.28. The summed E-state index contributed by atoms with van der Waals surface area (Å²) in [5.74, 6) is -2.16. The fraction of sp³-hybridized carbons (Fsp3) is 0.286. The number of ether oxygens (including phenoxy) is 1. The average molecular weight is 492 g/mol. The van der Waals surface area contributed by atoms with E-state index in [1.807, 2.05) is 13.2 Å². The first-order valence-corrected chi connectivity index (χ1v) is 10.3. The third kappa shape index (κ3) is 5.13. The van der Waals surface area contributed by atoms with Gasteiger partial charge in [0.15, 0.2) is 17.4 Å². The number of nitrogens with two attached hydrogens (primary N) is 1. The Hall–Kier alpha value is -3.64. The summed E-state index contributed by atoms with van der Waals surface area (Å²) in [7, 11) is 3.64. The highest BCUT2D eigenvalue weighted by Gasteiger charge is 2.22. The molecule has 0 atom stereocenters. The molecule has 0 saturated heterocycles. The summed E-state index contributed by atoms with van der Waals surface area (Å²) < 4.78 is 37.8. The minimum absolute atomic E-state index is 0. The molecule has 0 fully saturated rings. The maximum atomic E-state index is 15.0. The maximum Gasteiger partial charge on any atom is 0.202 e. The Bertz CT molecular complexity index is 1260. The number of aryl methyl sites for hydroxylation is 1. The van der Waals surface area contributed by atoms with Crippen molar-refractivity contribution in [1.29, 1.82) is 0 Å². The van der Waals surface area contributed by atoms with Crippen LogP contribution in [0.5, 0.6) is 5.75 Å². The first kappa shape index (κ1) is 25.0. The van der Waals surface area contributed by atoms with E-state index in [1.54, 1.807) is 30.2 Å². The molecule has 0 saturated carbocycles. The number of halogens is 3. The number of nitrogens with one attached hydrogen (secondary N) is 1. The fourth-order valence-corrected chi connectivity index (χ4v) is 3.28. The first-order chi connectivity index (χ1) is 16.0. The number of benzene rings is 1. The minimum atomic E-state index is -1.13. The van der Waals surface area contributed by atoms with Crippen molar-refractivity contribution in [2.45, 2.75) is 12.8 Å². The Morgan fingerprint density at radius 3 is 2.68 bits per heavy atom. The van der Waals surface area contributed by atoms with Crippen LogP contribution in [0, 0.1) is 11.6 Å². The number of aromatic nitrogens is 7. The molecule has 4 rings (SSSR count). The molecule has 0 spiro atoms. The molecule has 0 aliphatic rings. The van der Waals surface area contributed by atoms with Gasteiger partial charge >= 0.3 is 0 Å². The molecule has 0 amide bonds. The number of hydrogen-bond acceptors (Lipinski definition) is 8. The van der Waals surface area contributed by atoms with Gasteiger partial charge in [0.05, 0.1) is 18.4 Å². The van der Waals surface area contributed by atoms with Gasteiger partial charge in [-0.25, -0.2) is 9.37 Å². The molecule has 34 heavy (non-hydrogen) atoms. The van der Waals surface area contributed by atoms with Crippen LogP contribution in [0.2, 0.25) is 0 Å². The summed E-state index contributed by atoms with van der Waals surface area (Å²) in [6.07, 6.45) is 6.65. The van der Waals surface area contributed by atoms with Crippen molar-refractivity contribution in [3.05, 3.63) is 48.4 Å². The van der Waals surface area contributed by atoms with Crippen molar-refractivity contribution in [2.75, 3.05) is 25.9 Å². The number of tetrazole rings is 1. The molecule has 0 unspecified atom stereocenters. The van der Waals surface area contributed by atoms with Crippen LogP contribution in [0.3, 0.4) is 0 Å². The molecular weight excluding hydrogens is 468 g/mol. The van der Waals surface area contributed by atoms with E-state index in [-0.39, 0.29) is 42.1 Å². The average Bonchev–Trinajstić information content (AvgIpc) is 3.46. The van der Waals surface area contributed by atoms with Crippen molar-refractivity contribution >= 4 is 18.2 Å². The number of nitrogens with zero attached hydrogens (tertiary/aromatic N) is 7. The summed E-state index contributed by atoms with van der Waals surface area (Å²) in [6.45, 7) is 1.10. The highest BCUT2D eigenvalue weighted by molar-refractivity contribution is 5.85. The van der Waals surface area contributed by atoms with E-state index in [2.05, 4.69) is 30.9 Å². The van der Waals surface area contributed by atoms with E-state index >= 15 is 0 Å². The van der Waals surface area contributed by atoms with Crippen LogP contribution in [-0.4, -0.2) is 55.2 Å². The van der Waals surface area contributed by atoms with Crippen molar-refractivity contribution < 1.29 is 13.5 Å². The first-order valence-electron chi connectivity index (χ1n) is 10.3. The van der Waals surface area contributed by atoms with E-state index in [9.17, 15) is 8.78 Å². The number of pyridine rings is 1. The van der Waals surface area contributed by atoms with Gasteiger partial charge in [-0.05, 0) is 55.1 Å². The zero-order chi connectivity index (χ0) is 23.4. The predicted molar refractivity (Wildman–Crippen MR) is 125 cm³/mol. The largest absolute Gasteiger partial charge is 0.490 e. The Balaban J connectivity index is 0.00000324. The highest BCUT2D eigenvalue weighted by atomic mass is 35.5. The monoisotopic (exact) mass is 491 g/mol. The van der Waals surface area contributed by atoms with Gasteiger partial charge in [-0.3, -0.25) is 4.68 Å². The van der Waals surface area contributed by atoms with Crippen LogP contribution in [-0.2, 0) is 7.05 Å². The summed E-state index contributed by atoms with van der Waals surface area (Å²) >= 11 is 0. The van der Waals surface area contributed by atoms with E-state index in [1.165, 1.54) is 12.1 Å². The van der Waals surface area contributed by atoms with Gasteiger partial charge in [0.25, 0.3) is 0 Å². The van der Waals surface area contributed by atoms with Crippen LogP contribution >= 0.6 is 12.4 Å². The molecule has 0 bridgehead atoms. The van der Waals surface area contributed by atoms with Crippen molar-refractivity contribution in [1.82, 2.24) is 40.3 Å². The van der Waals surface area contributed by atoms with Crippen molar-refractivity contribution in [3.8, 4) is 34.0 Å². The van der Waals surface area contributed by atoms with E-state index in [0.717, 1.165) is 28.8 Å². The second-order valence-electron chi connectivity index (χ2n) is 7.34. The van der Waals surface area contributed by atoms with E-state index in [4.69, 9.17) is 10.5 Å². The summed E-state index contributed by atoms with van der Waals surface area (Å²) in [4.78, 5) is 4.20. The molecule has 3 N–H and O–H groups in total. The minimum Gasteiger partial charge on any atom is -0.490 e. The number of hydrogen-bond donors (Lipinski definition) is 2. The number of rotatable bonds is 9. The zero-order valence-electron chi connectivity index (χ0n) is 18.6. The molecule has 0 radical (unpaired) electrons. The van der Waals surface area contributed by atoms with Gasteiger partial charge < -0.3 is 15.8 Å². The van der Waals surface area contributed by atoms with Crippen molar-refractivity contribution in [2.24, 2.45) is 7.05 Å². The molecule has 0 aliphatic heterocycles. The van der Waals surface area contributed by atoms with Gasteiger partial charge in [-0.2, -0.15) is 14.2 Å². The SMILES string of the molecule is CNCCCCOc1ccc(-n2nnnc2-c2cc(-c3cnn(C)c3)cnc2N)c(F)c1F.Cl. The number of anilines is 1. The third-order valence-corrected chi connectivity index (χ3v) is 5.00. The van der Waals surface area contributed by atoms with Crippen molar-refractivity contribution in [3.63, 3.8) is 0 Å². The Morgan fingerprint density at radius 2 is 1.94 bits per heavy atom. The smallest absolute Gasteiger partial charge is 0.202 e. The molecule has 0 aliphatic carbocycles. The Kier molecular flexibility index (Phi) is 8.08. The van der Waals surface area contributed by atoms with Crippen LogP contribution < -0.4 is 15.8 Å². The lowest BCUT2D eigenvalue weighted by Gasteiger charge is -2.12. The van der Waals surface area contributed by atoms with Gasteiger partial charge in [-0.15, -0.1) is 17.5 Å². The number of unbranched alkanes of at least 4 members (excludes halogenated alkanes) is 1. The third-order valence-electron chi connectivity index (χ3n) is 5.00. The predicted octanol–water partition coefficient (Wildman–Crippen LogP) is 2.79. The highest BCUT2D eigenvalue weighted by Crippen LogP contribution is 2.31. The molecule has 1 aromatic carbocycles. The maximum absolute atomic E-state index is 15.0. The van der Waals surface area contributed by atoms with Gasteiger partial charge in [-0.1, -0.05) is 0 Å².